The van der Waals surface area contributed by atoms with Gasteiger partial charge in [-0.25, -0.2) is 0 Å². The van der Waals surface area contributed by atoms with Crippen molar-refractivity contribution in [1.82, 2.24) is 0 Å². The van der Waals surface area contributed by atoms with Crippen molar-refractivity contribution in [2.24, 2.45) is 0 Å². The van der Waals surface area contributed by atoms with Crippen molar-refractivity contribution in [3.05, 3.63) is 0 Å². The van der Waals surface area contributed by atoms with Crippen LogP contribution in [-0.2, 0) is 28.5 Å². The van der Waals surface area contributed by atoms with E-state index < -0.39 is 12.6 Å². The molecule has 0 aromatic rings. The first-order valence-electron chi connectivity index (χ1n) is 10.2. The van der Waals surface area contributed by atoms with Crippen molar-refractivity contribution in [2.75, 3.05) is 13.2 Å². The SMILES string of the molecule is CCCCOC(CC)OC(=O)CCCCC(=O)OC(CC)OCCCC. The van der Waals surface area contributed by atoms with E-state index in [9.17, 15) is 9.59 Å². The predicted octanol–water partition coefficient (Wildman–Crippen LogP) is 4.74. The van der Waals surface area contributed by atoms with E-state index in [1.807, 2.05) is 13.8 Å². The minimum Gasteiger partial charge on any atom is -0.436 e. The normalized spacial score (nSPS) is 13.2. The predicted molar refractivity (Wildman–Crippen MR) is 101 cm³/mol. The fourth-order valence-electron chi connectivity index (χ4n) is 2.14. The Morgan fingerprint density at radius 1 is 0.654 bits per heavy atom. The van der Waals surface area contributed by atoms with E-state index in [1.165, 1.54) is 0 Å². The summed E-state index contributed by atoms with van der Waals surface area (Å²) in [6.07, 6.45) is 6.08. The summed E-state index contributed by atoms with van der Waals surface area (Å²) in [6, 6.07) is 0. The lowest BCUT2D eigenvalue weighted by Gasteiger charge is -2.17. The first-order valence-corrected chi connectivity index (χ1v) is 10.2. The fraction of sp³-hybridized carbons (Fsp3) is 0.900. The molecule has 154 valence electrons. The van der Waals surface area contributed by atoms with Gasteiger partial charge < -0.3 is 18.9 Å². The Kier molecular flexibility index (Phi) is 16.5. The molecule has 0 N–H and O–H groups in total. The Morgan fingerprint density at radius 2 is 1.04 bits per heavy atom. The van der Waals surface area contributed by atoms with Gasteiger partial charge in [0.15, 0.2) is 0 Å². The van der Waals surface area contributed by atoms with E-state index in [0.717, 1.165) is 25.7 Å². The number of unbranched alkanes of at least 4 members (excludes halogenated alkanes) is 3. The number of hydrogen-bond acceptors (Lipinski definition) is 6. The van der Waals surface area contributed by atoms with Crippen LogP contribution in [-0.4, -0.2) is 37.7 Å². The minimum absolute atomic E-state index is 0.281. The topological polar surface area (TPSA) is 71.1 Å². The number of esters is 2. The molecule has 0 saturated carbocycles. The van der Waals surface area contributed by atoms with Gasteiger partial charge in [-0.2, -0.15) is 0 Å². The van der Waals surface area contributed by atoms with Crippen LogP contribution in [0.25, 0.3) is 0 Å². The van der Waals surface area contributed by atoms with Gasteiger partial charge in [-0.05, 0) is 25.7 Å². The lowest BCUT2D eigenvalue weighted by Crippen LogP contribution is -2.22. The maximum absolute atomic E-state index is 11.8. The van der Waals surface area contributed by atoms with E-state index in [0.29, 0.717) is 38.9 Å². The van der Waals surface area contributed by atoms with Crippen LogP contribution in [0.2, 0.25) is 0 Å². The summed E-state index contributed by atoms with van der Waals surface area (Å²) in [5.41, 5.74) is 0. The van der Waals surface area contributed by atoms with Crippen LogP contribution in [0.3, 0.4) is 0 Å². The minimum atomic E-state index is -0.468. The molecule has 0 aromatic heterocycles. The van der Waals surface area contributed by atoms with Crippen molar-refractivity contribution < 1.29 is 28.5 Å². The number of hydrogen-bond donors (Lipinski definition) is 0. The summed E-state index contributed by atoms with van der Waals surface area (Å²) in [7, 11) is 0. The lowest BCUT2D eigenvalue weighted by atomic mass is 10.2. The van der Waals surface area contributed by atoms with Crippen molar-refractivity contribution in [3.8, 4) is 0 Å². The molecule has 0 heterocycles. The average molecular weight is 375 g/mol. The van der Waals surface area contributed by atoms with Gasteiger partial charge in [-0.3, -0.25) is 9.59 Å². The zero-order valence-electron chi connectivity index (χ0n) is 17.1. The summed E-state index contributed by atoms with van der Waals surface area (Å²) in [6.45, 7) is 9.22. The van der Waals surface area contributed by atoms with Crippen LogP contribution in [0.4, 0.5) is 0 Å². The molecule has 0 amide bonds. The third-order valence-corrected chi connectivity index (χ3v) is 3.81. The second-order valence-electron chi connectivity index (χ2n) is 6.31. The fourth-order valence-corrected chi connectivity index (χ4v) is 2.14. The van der Waals surface area contributed by atoms with Gasteiger partial charge in [0, 0.05) is 25.7 Å². The molecule has 26 heavy (non-hydrogen) atoms. The standard InChI is InChI=1S/C20H38O6/c1-5-9-15-23-19(7-3)25-17(21)13-11-12-14-18(22)26-20(8-4)24-16-10-6-2/h19-20H,5-16H2,1-4H3. The van der Waals surface area contributed by atoms with Crippen molar-refractivity contribution in [3.63, 3.8) is 0 Å². The second-order valence-corrected chi connectivity index (χ2v) is 6.31. The van der Waals surface area contributed by atoms with Gasteiger partial charge in [0.1, 0.15) is 0 Å². The van der Waals surface area contributed by atoms with Crippen LogP contribution < -0.4 is 0 Å². The molecule has 2 atom stereocenters. The van der Waals surface area contributed by atoms with E-state index in [4.69, 9.17) is 18.9 Å². The molecule has 6 nitrogen and oxygen atoms in total. The third kappa shape index (κ3) is 14.1. The monoisotopic (exact) mass is 374 g/mol. The molecule has 6 heteroatoms. The Morgan fingerprint density at radius 3 is 1.35 bits per heavy atom. The van der Waals surface area contributed by atoms with E-state index in [2.05, 4.69) is 13.8 Å². The van der Waals surface area contributed by atoms with Crippen LogP contribution >= 0.6 is 0 Å². The van der Waals surface area contributed by atoms with E-state index in [-0.39, 0.29) is 24.8 Å². The molecule has 0 spiro atoms. The van der Waals surface area contributed by atoms with Gasteiger partial charge in [0.05, 0.1) is 13.2 Å². The molecule has 2 unspecified atom stereocenters. The number of carbonyl (C=O) groups is 2. The largest absolute Gasteiger partial charge is 0.436 e. The van der Waals surface area contributed by atoms with Gasteiger partial charge in [-0.15, -0.1) is 0 Å². The maximum atomic E-state index is 11.8. The van der Waals surface area contributed by atoms with E-state index >= 15 is 0 Å². The summed E-state index contributed by atoms with van der Waals surface area (Å²) in [5, 5.41) is 0. The van der Waals surface area contributed by atoms with Gasteiger partial charge >= 0.3 is 11.9 Å². The van der Waals surface area contributed by atoms with Crippen molar-refractivity contribution in [1.29, 1.82) is 0 Å². The molecule has 0 bridgehead atoms. The molecule has 0 saturated heterocycles. The smallest absolute Gasteiger partial charge is 0.308 e. The highest BCUT2D eigenvalue weighted by Crippen LogP contribution is 2.10. The summed E-state index contributed by atoms with van der Waals surface area (Å²) in [4.78, 5) is 23.6. The van der Waals surface area contributed by atoms with Gasteiger partial charge in [-0.1, -0.05) is 40.5 Å². The molecular formula is C20H38O6. The highest BCUT2D eigenvalue weighted by Gasteiger charge is 2.15. The van der Waals surface area contributed by atoms with Crippen molar-refractivity contribution in [2.45, 2.75) is 104 Å². The zero-order chi connectivity index (χ0) is 19.6. The Bertz CT molecular complexity index is 324. The average Bonchev–Trinajstić information content (AvgIpc) is 2.63. The molecule has 0 rings (SSSR count). The molecule has 0 aromatic carbocycles. The summed E-state index contributed by atoms with van der Waals surface area (Å²) >= 11 is 0. The number of ether oxygens (including phenoxy) is 4. The van der Waals surface area contributed by atoms with Crippen LogP contribution in [0.15, 0.2) is 0 Å². The molecule has 0 radical (unpaired) electrons. The van der Waals surface area contributed by atoms with Gasteiger partial charge in [0.25, 0.3) is 0 Å². The molecule has 0 aliphatic rings. The maximum Gasteiger partial charge on any atom is 0.308 e. The van der Waals surface area contributed by atoms with Crippen LogP contribution in [0.5, 0.6) is 0 Å². The zero-order valence-corrected chi connectivity index (χ0v) is 17.1. The first kappa shape index (κ1) is 24.9. The highest BCUT2D eigenvalue weighted by atomic mass is 16.7. The molecule has 0 fully saturated rings. The van der Waals surface area contributed by atoms with Gasteiger partial charge in [0.2, 0.25) is 12.6 Å². The van der Waals surface area contributed by atoms with Crippen molar-refractivity contribution >= 4 is 11.9 Å². The Balaban J connectivity index is 3.84. The molecular weight excluding hydrogens is 336 g/mol. The number of carbonyl (C=O) groups excluding carboxylic acids is 2. The summed E-state index contributed by atoms with van der Waals surface area (Å²) in [5.74, 6) is -0.563. The van der Waals surface area contributed by atoms with Crippen LogP contribution in [0.1, 0.15) is 91.9 Å². The summed E-state index contributed by atoms with van der Waals surface area (Å²) < 4.78 is 21.6. The van der Waals surface area contributed by atoms with E-state index in [1.54, 1.807) is 0 Å². The Labute approximate surface area is 158 Å². The Hall–Kier alpha value is -1.14. The molecule has 0 aliphatic heterocycles. The second kappa shape index (κ2) is 17.3. The first-order chi connectivity index (χ1) is 12.6. The lowest BCUT2D eigenvalue weighted by molar-refractivity contribution is -0.181. The quantitative estimate of drug-likeness (QED) is 0.208. The van der Waals surface area contributed by atoms with Crippen LogP contribution in [0, 0.1) is 0 Å². The molecule has 0 aliphatic carbocycles. The third-order valence-electron chi connectivity index (χ3n) is 3.81. The highest BCUT2D eigenvalue weighted by molar-refractivity contribution is 5.70. The number of rotatable bonds is 17.